The average Bonchev–Trinajstić information content (AvgIpc) is 2.76. The number of aliphatic hydroxyl groups is 1. The lowest BCUT2D eigenvalue weighted by atomic mass is 9.88. The van der Waals surface area contributed by atoms with E-state index in [4.69, 9.17) is 9.47 Å². The van der Waals surface area contributed by atoms with E-state index in [1.54, 1.807) is 4.90 Å². The van der Waals surface area contributed by atoms with E-state index in [1.165, 1.54) is 0 Å². The fraction of sp³-hybridized carbons (Fsp3) is 0.933. The third-order valence-electron chi connectivity index (χ3n) is 3.81. The van der Waals surface area contributed by atoms with Crippen LogP contribution in [0.2, 0.25) is 0 Å². The number of hydrogen-bond donors (Lipinski definition) is 1. The molecule has 0 aliphatic carbocycles. The van der Waals surface area contributed by atoms with Gasteiger partial charge in [-0.1, -0.05) is 0 Å². The standard InChI is InChI=1S/C15H27NO4/c1-14(2,3)20-13(17)16-10-15(18,11-16)8-4-6-12-7-5-9-19-12/h12,18H,4-11H2,1-3H3. The van der Waals surface area contributed by atoms with Crippen molar-refractivity contribution in [1.82, 2.24) is 4.90 Å². The van der Waals surface area contributed by atoms with Crippen LogP contribution in [0.3, 0.4) is 0 Å². The van der Waals surface area contributed by atoms with Gasteiger partial charge in [0.05, 0.1) is 24.8 Å². The second kappa shape index (κ2) is 5.90. The first-order valence-electron chi connectivity index (χ1n) is 7.59. The van der Waals surface area contributed by atoms with Crippen molar-refractivity contribution in [2.24, 2.45) is 0 Å². The smallest absolute Gasteiger partial charge is 0.410 e. The maximum absolute atomic E-state index is 11.8. The molecule has 0 aromatic rings. The molecule has 0 spiro atoms. The molecule has 20 heavy (non-hydrogen) atoms. The first-order chi connectivity index (χ1) is 9.27. The van der Waals surface area contributed by atoms with E-state index in [-0.39, 0.29) is 6.09 Å². The number of amides is 1. The third kappa shape index (κ3) is 4.35. The van der Waals surface area contributed by atoms with Gasteiger partial charge in [-0.25, -0.2) is 4.79 Å². The van der Waals surface area contributed by atoms with Crippen LogP contribution in [0.5, 0.6) is 0 Å². The summed E-state index contributed by atoms with van der Waals surface area (Å²) in [4.78, 5) is 13.4. The summed E-state index contributed by atoms with van der Waals surface area (Å²) >= 11 is 0. The zero-order valence-corrected chi connectivity index (χ0v) is 12.9. The second-order valence-electron chi connectivity index (χ2n) is 7.09. The molecule has 2 heterocycles. The Balaban J connectivity index is 1.64. The largest absolute Gasteiger partial charge is 0.444 e. The number of ether oxygens (including phenoxy) is 2. The lowest BCUT2D eigenvalue weighted by Gasteiger charge is -2.46. The van der Waals surface area contributed by atoms with Gasteiger partial charge in [-0.2, -0.15) is 0 Å². The average molecular weight is 285 g/mol. The molecule has 0 bridgehead atoms. The van der Waals surface area contributed by atoms with Gasteiger partial charge >= 0.3 is 6.09 Å². The zero-order valence-electron chi connectivity index (χ0n) is 12.9. The van der Waals surface area contributed by atoms with Gasteiger partial charge < -0.3 is 19.5 Å². The number of hydrogen-bond acceptors (Lipinski definition) is 4. The molecule has 0 radical (unpaired) electrons. The molecule has 0 aromatic heterocycles. The fourth-order valence-electron chi connectivity index (χ4n) is 2.81. The van der Waals surface area contributed by atoms with E-state index >= 15 is 0 Å². The van der Waals surface area contributed by atoms with E-state index < -0.39 is 11.2 Å². The van der Waals surface area contributed by atoms with Crippen molar-refractivity contribution in [2.45, 2.75) is 70.2 Å². The Kier molecular flexibility index (Phi) is 4.59. The highest BCUT2D eigenvalue weighted by Gasteiger charge is 2.44. The van der Waals surface area contributed by atoms with Crippen molar-refractivity contribution in [3.8, 4) is 0 Å². The molecule has 5 heteroatoms. The van der Waals surface area contributed by atoms with Crippen molar-refractivity contribution in [3.63, 3.8) is 0 Å². The van der Waals surface area contributed by atoms with Crippen molar-refractivity contribution in [3.05, 3.63) is 0 Å². The molecule has 0 saturated carbocycles. The molecule has 1 unspecified atom stereocenters. The molecule has 1 N–H and O–H groups in total. The summed E-state index contributed by atoms with van der Waals surface area (Å²) in [6.45, 7) is 7.18. The first-order valence-corrected chi connectivity index (χ1v) is 7.59. The van der Waals surface area contributed by atoms with Gasteiger partial charge in [-0.3, -0.25) is 0 Å². The van der Waals surface area contributed by atoms with Gasteiger partial charge in [0.1, 0.15) is 5.60 Å². The van der Waals surface area contributed by atoms with E-state index in [9.17, 15) is 9.90 Å². The minimum Gasteiger partial charge on any atom is -0.444 e. The molecular weight excluding hydrogens is 258 g/mol. The maximum atomic E-state index is 11.8. The SMILES string of the molecule is CC(C)(C)OC(=O)N1CC(O)(CCCC2CCCO2)C1. The Hall–Kier alpha value is -0.810. The summed E-state index contributed by atoms with van der Waals surface area (Å²) in [5, 5.41) is 10.3. The predicted molar refractivity (Wildman–Crippen MR) is 75.6 cm³/mol. The van der Waals surface area contributed by atoms with E-state index in [2.05, 4.69) is 0 Å². The molecule has 0 aromatic carbocycles. The van der Waals surface area contributed by atoms with Gasteiger partial charge in [-0.05, 0) is 52.9 Å². The van der Waals surface area contributed by atoms with Crippen LogP contribution in [0.4, 0.5) is 4.79 Å². The quantitative estimate of drug-likeness (QED) is 0.861. The maximum Gasteiger partial charge on any atom is 0.410 e. The first kappa shape index (κ1) is 15.6. The molecular formula is C15H27NO4. The Morgan fingerprint density at radius 3 is 2.70 bits per heavy atom. The molecule has 2 saturated heterocycles. The predicted octanol–water partition coefficient (Wildman–Crippen LogP) is 2.32. The van der Waals surface area contributed by atoms with Crippen molar-refractivity contribution in [2.75, 3.05) is 19.7 Å². The summed E-state index contributed by atoms with van der Waals surface area (Å²) in [5.41, 5.74) is -1.21. The summed E-state index contributed by atoms with van der Waals surface area (Å²) in [7, 11) is 0. The highest BCUT2D eigenvalue weighted by molar-refractivity contribution is 5.69. The summed E-state index contributed by atoms with van der Waals surface area (Å²) in [5.74, 6) is 0. The van der Waals surface area contributed by atoms with Gasteiger partial charge in [-0.15, -0.1) is 0 Å². The van der Waals surface area contributed by atoms with Crippen LogP contribution in [0.1, 0.15) is 52.9 Å². The number of rotatable bonds is 4. The van der Waals surface area contributed by atoms with E-state index in [0.29, 0.717) is 19.2 Å². The molecule has 1 atom stereocenters. The summed E-state index contributed by atoms with van der Waals surface area (Å²) in [6, 6.07) is 0. The number of nitrogens with zero attached hydrogens (tertiary/aromatic N) is 1. The molecule has 1 amide bonds. The Morgan fingerprint density at radius 2 is 2.15 bits per heavy atom. The lowest BCUT2D eigenvalue weighted by Crippen LogP contribution is -2.64. The molecule has 2 aliphatic rings. The van der Waals surface area contributed by atoms with Crippen LogP contribution in [0.15, 0.2) is 0 Å². The van der Waals surface area contributed by atoms with Gasteiger partial charge in [0.15, 0.2) is 0 Å². The molecule has 116 valence electrons. The van der Waals surface area contributed by atoms with Gasteiger partial charge in [0.25, 0.3) is 0 Å². The van der Waals surface area contributed by atoms with Crippen LogP contribution in [0.25, 0.3) is 0 Å². The Bertz CT molecular complexity index is 338. The molecule has 2 aliphatic heterocycles. The molecule has 5 nitrogen and oxygen atoms in total. The number of β-amino-alcohol motifs (C(OH)–C–C–N with tert-alkyl or cyclic N) is 1. The second-order valence-corrected chi connectivity index (χ2v) is 7.09. The van der Waals surface area contributed by atoms with Gasteiger partial charge in [0, 0.05) is 6.61 Å². The zero-order chi connectivity index (χ0) is 14.8. The van der Waals surface area contributed by atoms with Crippen molar-refractivity contribution < 1.29 is 19.4 Å². The lowest BCUT2D eigenvalue weighted by molar-refractivity contribution is -0.104. The highest BCUT2D eigenvalue weighted by atomic mass is 16.6. The minimum absolute atomic E-state index is 0.332. The Labute approximate surface area is 121 Å². The molecule has 2 fully saturated rings. The van der Waals surface area contributed by atoms with Gasteiger partial charge in [0.2, 0.25) is 0 Å². The van der Waals surface area contributed by atoms with E-state index in [1.807, 2.05) is 20.8 Å². The Morgan fingerprint density at radius 1 is 1.45 bits per heavy atom. The van der Waals surface area contributed by atoms with Crippen LogP contribution in [-0.4, -0.2) is 53.1 Å². The number of carbonyl (C=O) groups is 1. The fourth-order valence-corrected chi connectivity index (χ4v) is 2.81. The van der Waals surface area contributed by atoms with Crippen LogP contribution >= 0.6 is 0 Å². The van der Waals surface area contributed by atoms with Crippen molar-refractivity contribution >= 4 is 6.09 Å². The normalized spacial score (nSPS) is 25.4. The summed E-state index contributed by atoms with van der Waals surface area (Å²) < 4.78 is 10.8. The number of carbonyl (C=O) groups excluding carboxylic acids is 1. The van der Waals surface area contributed by atoms with Crippen molar-refractivity contribution in [1.29, 1.82) is 0 Å². The minimum atomic E-state index is -0.727. The number of likely N-dealkylation sites (tertiary alicyclic amines) is 1. The third-order valence-corrected chi connectivity index (χ3v) is 3.81. The van der Waals surface area contributed by atoms with Crippen LogP contribution in [-0.2, 0) is 9.47 Å². The topological polar surface area (TPSA) is 59.0 Å². The van der Waals surface area contributed by atoms with Crippen LogP contribution < -0.4 is 0 Å². The monoisotopic (exact) mass is 285 g/mol. The summed E-state index contributed by atoms with van der Waals surface area (Å²) in [6.07, 6.45) is 5.02. The highest BCUT2D eigenvalue weighted by Crippen LogP contribution is 2.29. The molecule has 2 rings (SSSR count). The van der Waals surface area contributed by atoms with Crippen LogP contribution in [0, 0.1) is 0 Å². The van der Waals surface area contributed by atoms with E-state index in [0.717, 1.165) is 38.7 Å².